The molecule has 9 heavy (non-hydrogen) atoms. The van der Waals surface area contributed by atoms with Gasteiger partial charge in [-0.2, -0.15) is 5.26 Å². The van der Waals surface area contributed by atoms with Crippen molar-refractivity contribution in [2.24, 2.45) is 0 Å². The van der Waals surface area contributed by atoms with E-state index in [4.69, 9.17) is 9.37 Å². The molecule has 0 radical (unpaired) electrons. The second-order valence-corrected chi connectivity index (χ2v) is 2.05. The van der Waals surface area contributed by atoms with Crippen LogP contribution >= 0.6 is 15.9 Å². The summed E-state index contributed by atoms with van der Waals surface area (Å²) in [5.74, 6) is 0. The minimum absolute atomic E-state index is 0.0139. The standard InChI is InChI=1S/C6H3BrN2/c7-6-4-9-2-1-5(6)3-8/h1-2,4H/i1D,2D,4D. The Balaban J connectivity index is 3.56. The van der Waals surface area contributed by atoms with Gasteiger partial charge in [0.15, 0.2) is 0 Å². The molecule has 0 aromatic carbocycles. The summed E-state index contributed by atoms with van der Waals surface area (Å²) in [6.45, 7) is 0. The first kappa shape index (κ1) is 3.33. The molecule has 44 valence electrons. The predicted molar refractivity (Wildman–Crippen MR) is 36.7 cm³/mol. The van der Waals surface area contributed by atoms with E-state index in [-0.39, 0.29) is 28.4 Å². The second kappa shape index (κ2) is 2.60. The van der Waals surface area contributed by atoms with Gasteiger partial charge in [0, 0.05) is 12.3 Å². The van der Waals surface area contributed by atoms with Crippen molar-refractivity contribution in [2.75, 3.05) is 0 Å². The Morgan fingerprint density at radius 3 is 3.33 bits per heavy atom. The number of pyridine rings is 1. The molecule has 0 amide bonds. The molecular weight excluding hydrogens is 180 g/mol. The van der Waals surface area contributed by atoms with Crippen LogP contribution in [0, 0.1) is 11.3 Å². The van der Waals surface area contributed by atoms with Crippen LogP contribution in [0.25, 0.3) is 0 Å². The Morgan fingerprint density at radius 1 is 1.89 bits per heavy atom. The second-order valence-electron chi connectivity index (χ2n) is 1.26. The average Bonchev–Trinajstić information content (AvgIpc) is 2.02. The topological polar surface area (TPSA) is 36.7 Å². The molecule has 0 saturated carbocycles. The molecule has 1 rings (SSSR count). The number of nitriles is 1. The summed E-state index contributed by atoms with van der Waals surface area (Å²) in [6, 6.07) is 1.48. The van der Waals surface area contributed by atoms with Crippen LogP contribution in [0.15, 0.2) is 22.9 Å². The highest BCUT2D eigenvalue weighted by atomic mass is 79.9. The number of hydrogen-bond donors (Lipinski definition) is 0. The fraction of sp³-hybridized carbons (Fsp3) is 0. The van der Waals surface area contributed by atoms with E-state index >= 15 is 0 Å². The zero-order chi connectivity index (χ0) is 9.30. The fourth-order valence-corrected chi connectivity index (χ4v) is 0.625. The summed E-state index contributed by atoms with van der Waals surface area (Å²) in [4.78, 5) is 3.43. The van der Waals surface area contributed by atoms with Gasteiger partial charge in [-0.3, -0.25) is 4.98 Å². The van der Waals surface area contributed by atoms with Crippen molar-refractivity contribution in [3.8, 4) is 6.07 Å². The summed E-state index contributed by atoms with van der Waals surface area (Å²) < 4.78 is 21.7. The molecule has 0 unspecified atom stereocenters. The lowest BCUT2D eigenvalue weighted by Gasteiger charge is -1.88. The summed E-state index contributed by atoms with van der Waals surface area (Å²) >= 11 is 2.95. The lowest BCUT2D eigenvalue weighted by molar-refractivity contribution is 1.29. The first-order valence-corrected chi connectivity index (χ1v) is 2.90. The van der Waals surface area contributed by atoms with Crippen LogP contribution in [-0.2, 0) is 0 Å². The van der Waals surface area contributed by atoms with E-state index in [1.54, 1.807) is 6.07 Å². The van der Waals surface area contributed by atoms with Crippen molar-refractivity contribution >= 4 is 15.9 Å². The minimum Gasteiger partial charge on any atom is -0.263 e. The molecule has 0 aliphatic rings. The highest BCUT2D eigenvalue weighted by molar-refractivity contribution is 9.10. The zero-order valence-electron chi connectivity index (χ0n) is 7.27. The number of aromatic nitrogens is 1. The molecule has 0 aliphatic heterocycles. The maximum Gasteiger partial charge on any atom is 0.100 e. The predicted octanol–water partition coefficient (Wildman–Crippen LogP) is 1.72. The van der Waals surface area contributed by atoms with Crippen molar-refractivity contribution < 1.29 is 4.11 Å². The van der Waals surface area contributed by atoms with Gasteiger partial charge in [0.1, 0.15) is 6.07 Å². The summed E-state index contributed by atoms with van der Waals surface area (Å²) in [6.07, 6.45) is -0.535. The molecule has 0 saturated heterocycles. The largest absolute Gasteiger partial charge is 0.263 e. The van der Waals surface area contributed by atoms with Gasteiger partial charge in [0.05, 0.1) is 14.1 Å². The normalized spacial score (nSPS) is 13.1. The maximum absolute atomic E-state index is 8.55. The summed E-state index contributed by atoms with van der Waals surface area (Å²) in [7, 11) is 0. The van der Waals surface area contributed by atoms with Gasteiger partial charge in [0.2, 0.25) is 0 Å². The van der Waals surface area contributed by atoms with Crippen molar-refractivity contribution in [1.82, 2.24) is 4.98 Å². The Bertz CT molecular complexity index is 346. The minimum atomic E-state index is -0.347. The van der Waals surface area contributed by atoms with E-state index in [2.05, 4.69) is 20.9 Å². The zero-order valence-corrected chi connectivity index (χ0v) is 5.86. The lowest BCUT2D eigenvalue weighted by atomic mass is 10.3. The summed E-state index contributed by atoms with van der Waals surface area (Å²) in [5.41, 5.74) is -0.0139. The third-order valence-corrected chi connectivity index (χ3v) is 1.30. The third kappa shape index (κ3) is 1.27. The lowest BCUT2D eigenvalue weighted by Crippen LogP contribution is -1.76. The van der Waals surface area contributed by atoms with Crippen molar-refractivity contribution in [3.05, 3.63) is 28.4 Å². The van der Waals surface area contributed by atoms with Crippen LogP contribution in [0.2, 0.25) is 0 Å². The molecule has 1 aromatic rings. The van der Waals surface area contributed by atoms with Crippen LogP contribution in [-0.4, -0.2) is 4.98 Å². The van der Waals surface area contributed by atoms with Crippen LogP contribution in [0.1, 0.15) is 9.68 Å². The quantitative estimate of drug-likeness (QED) is 0.618. The van der Waals surface area contributed by atoms with Crippen LogP contribution in [0.3, 0.4) is 0 Å². The van der Waals surface area contributed by atoms with Gasteiger partial charge in [-0.05, 0) is 22.0 Å². The number of nitrogens with zero attached hydrogens (tertiary/aromatic N) is 2. The third-order valence-electron chi connectivity index (χ3n) is 0.722. The molecule has 0 aliphatic carbocycles. The molecule has 1 aromatic heterocycles. The molecule has 0 fully saturated rings. The molecule has 0 bridgehead atoms. The van der Waals surface area contributed by atoms with Crippen molar-refractivity contribution in [2.45, 2.75) is 0 Å². The van der Waals surface area contributed by atoms with E-state index in [0.717, 1.165) is 0 Å². The van der Waals surface area contributed by atoms with E-state index in [1.165, 1.54) is 0 Å². The monoisotopic (exact) mass is 185 g/mol. The molecule has 1 heterocycles. The first-order chi connectivity index (χ1) is 5.57. The Hall–Kier alpha value is -0.880. The van der Waals surface area contributed by atoms with Gasteiger partial charge in [0.25, 0.3) is 0 Å². The number of halogens is 1. The summed E-state index contributed by atoms with van der Waals surface area (Å²) in [5, 5.41) is 8.55. The van der Waals surface area contributed by atoms with Gasteiger partial charge < -0.3 is 0 Å². The molecule has 0 spiro atoms. The Kier molecular flexibility index (Phi) is 0.963. The molecule has 2 nitrogen and oxygen atoms in total. The number of hydrogen-bond acceptors (Lipinski definition) is 2. The molecule has 3 heteroatoms. The van der Waals surface area contributed by atoms with Crippen LogP contribution in [0.4, 0.5) is 0 Å². The average molecular weight is 186 g/mol. The highest BCUT2D eigenvalue weighted by Crippen LogP contribution is 2.11. The SMILES string of the molecule is [2H]c1nc([2H])c(Br)c(C#N)c1[2H]. The van der Waals surface area contributed by atoms with E-state index < -0.39 is 0 Å². The Labute approximate surface area is 65.5 Å². The molecule has 0 N–H and O–H groups in total. The van der Waals surface area contributed by atoms with E-state index in [0.29, 0.717) is 0 Å². The van der Waals surface area contributed by atoms with Gasteiger partial charge in [-0.15, -0.1) is 0 Å². The smallest absolute Gasteiger partial charge is 0.100 e. The Morgan fingerprint density at radius 2 is 2.67 bits per heavy atom. The molecular formula is C6H3BrN2. The van der Waals surface area contributed by atoms with Gasteiger partial charge in [-0.1, -0.05) is 0 Å². The maximum atomic E-state index is 8.55. The van der Waals surface area contributed by atoms with E-state index in [1.807, 2.05) is 0 Å². The van der Waals surface area contributed by atoms with Crippen molar-refractivity contribution in [3.63, 3.8) is 0 Å². The van der Waals surface area contributed by atoms with E-state index in [9.17, 15) is 0 Å². The van der Waals surface area contributed by atoms with Crippen LogP contribution in [0.5, 0.6) is 0 Å². The molecule has 0 atom stereocenters. The fourth-order valence-electron chi connectivity index (χ4n) is 0.349. The highest BCUT2D eigenvalue weighted by Gasteiger charge is 1.93. The van der Waals surface area contributed by atoms with Gasteiger partial charge >= 0.3 is 0 Å². The van der Waals surface area contributed by atoms with Crippen LogP contribution < -0.4 is 0 Å². The van der Waals surface area contributed by atoms with Crippen molar-refractivity contribution in [1.29, 1.82) is 5.26 Å². The first-order valence-electron chi connectivity index (χ1n) is 3.61. The number of rotatable bonds is 0. The van der Waals surface area contributed by atoms with Gasteiger partial charge in [-0.25, -0.2) is 0 Å².